The van der Waals surface area contributed by atoms with Crippen molar-refractivity contribution in [2.45, 2.75) is 13.0 Å². The number of ether oxygens (including phenoxy) is 3. The standard InChI is InChI=1S/C23H18N2O5S/c26-21-13-16(24-23-25(21)17-4-1-2-5-20(17)31-23)14-30-22(27)9-7-15-6-8-18-19(12-15)29-11-3-10-28-18/h1-2,4-9,12-13H,3,10-11,14H2/b9-7+. The Labute approximate surface area is 181 Å². The predicted molar refractivity (Wildman–Crippen MR) is 118 cm³/mol. The molecule has 1 aliphatic rings. The van der Waals surface area contributed by atoms with E-state index in [0.717, 1.165) is 22.2 Å². The minimum absolute atomic E-state index is 0.0791. The Hall–Kier alpha value is -3.65. The molecule has 156 valence electrons. The summed E-state index contributed by atoms with van der Waals surface area (Å²) in [4.78, 5) is 29.7. The summed E-state index contributed by atoms with van der Waals surface area (Å²) in [7, 11) is 0. The van der Waals surface area contributed by atoms with Crippen molar-refractivity contribution in [2.75, 3.05) is 13.2 Å². The van der Waals surface area contributed by atoms with Crippen molar-refractivity contribution in [3.63, 3.8) is 0 Å². The molecule has 2 aromatic heterocycles. The van der Waals surface area contributed by atoms with Crippen LogP contribution in [-0.4, -0.2) is 28.6 Å². The second-order valence-corrected chi connectivity index (χ2v) is 7.98. The highest BCUT2D eigenvalue weighted by molar-refractivity contribution is 7.23. The zero-order chi connectivity index (χ0) is 21.2. The van der Waals surface area contributed by atoms with Gasteiger partial charge in [-0.2, -0.15) is 0 Å². The van der Waals surface area contributed by atoms with Crippen LogP contribution < -0.4 is 15.0 Å². The fraction of sp³-hybridized carbons (Fsp3) is 0.174. The molecule has 0 bridgehead atoms. The molecule has 31 heavy (non-hydrogen) atoms. The van der Waals surface area contributed by atoms with E-state index < -0.39 is 5.97 Å². The van der Waals surface area contributed by atoms with Gasteiger partial charge in [-0.15, -0.1) is 0 Å². The minimum Gasteiger partial charge on any atom is -0.490 e. The number of esters is 1. The maximum atomic E-state index is 12.5. The Kier molecular flexibility index (Phi) is 5.13. The van der Waals surface area contributed by atoms with E-state index in [2.05, 4.69) is 4.98 Å². The second kappa shape index (κ2) is 8.23. The van der Waals surface area contributed by atoms with Crippen LogP contribution in [0.5, 0.6) is 11.5 Å². The van der Waals surface area contributed by atoms with E-state index in [4.69, 9.17) is 14.2 Å². The average molecular weight is 434 g/mol. The van der Waals surface area contributed by atoms with Gasteiger partial charge in [0.15, 0.2) is 16.5 Å². The van der Waals surface area contributed by atoms with Crippen molar-refractivity contribution in [1.29, 1.82) is 0 Å². The number of fused-ring (bicyclic) bond motifs is 4. The molecule has 3 heterocycles. The molecule has 2 aromatic carbocycles. The highest BCUT2D eigenvalue weighted by Crippen LogP contribution is 2.30. The molecule has 0 aliphatic carbocycles. The van der Waals surface area contributed by atoms with Crippen LogP contribution in [0.25, 0.3) is 21.3 Å². The van der Waals surface area contributed by atoms with E-state index in [-0.39, 0.29) is 12.2 Å². The molecule has 0 spiro atoms. The Morgan fingerprint density at radius 3 is 2.87 bits per heavy atom. The summed E-state index contributed by atoms with van der Waals surface area (Å²) in [6.45, 7) is 1.14. The number of carbonyl (C=O) groups is 1. The van der Waals surface area contributed by atoms with Gasteiger partial charge in [-0.1, -0.05) is 29.5 Å². The third kappa shape index (κ3) is 4.02. The van der Waals surface area contributed by atoms with Crippen LogP contribution in [0.2, 0.25) is 0 Å². The van der Waals surface area contributed by atoms with Gasteiger partial charge in [-0.05, 0) is 35.9 Å². The molecule has 1 aliphatic heterocycles. The molecule has 0 atom stereocenters. The number of carbonyl (C=O) groups excluding carboxylic acids is 1. The van der Waals surface area contributed by atoms with Gasteiger partial charge in [0.25, 0.3) is 5.56 Å². The Balaban J connectivity index is 1.28. The number of rotatable bonds is 4. The third-order valence-corrected chi connectivity index (χ3v) is 5.82. The Morgan fingerprint density at radius 1 is 1.13 bits per heavy atom. The van der Waals surface area contributed by atoms with E-state index in [1.165, 1.54) is 23.5 Å². The van der Waals surface area contributed by atoms with E-state index in [1.54, 1.807) is 10.5 Å². The summed E-state index contributed by atoms with van der Waals surface area (Å²) in [5.41, 5.74) is 1.83. The van der Waals surface area contributed by atoms with Crippen molar-refractivity contribution >= 4 is 38.6 Å². The first-order valence-corrected chi connectivity index (χ1v) is 10.6. The van der Waals surface area contributed by atoms with Crippen LogP contribution in [0.15, 0.2) is 59.4 Å². The first-order valence-electron chi connectivity index (χ1n) is 9.82. The molecule has 4 aromatic rings. The van der Waals surface area contributed by atoms with Gasteiger partial charge in [0, 0.05) is 18.6 Å². The topological polar surface area (TPSA) is 79.1 Å². The third-order valence-electron chi connectivity index (χ3n) is 4.79. The lowest BCUT2D eigenvalue weighted by Crippen LogP contribution is -2.14. The second-order valence-electron chi connectivity index (χ2n) is 6.97. The first-order chi connectivity index (χ1) is 15.2. The monoisotopic (exact) mass is 434 g/mol. The molecule has 0 saturated heterocycles. The minimum atomic E-state index is -0.523. The Morgan fingerprint density at radius 2 is 1.97 bits per heavy atom. The summed E-state index contributed by atoms with van der Waals surface area (Å²) in [5.74, 6) is 0.839. The summed E-state index contributed by atoms with van der Waals surface area (Å²) >= 11 is 1.42. The van der Waals surface area contributed by atoms with Crippen molar-refractivity contribution in [3.8, 4) is 11.5 Å². The van der Waals surface area contributed by atoms with Gasteiger partial charge < -0.3 is 14.2 Å². The van der Waals surface area contributed by atoms with Gasteiger partial charge >= 0.3 is 5.97 Å². The fourth-order valence-corrected chi connectivity index (χ4v) is 4.39. The highest BCUT2D eigenvalue weighted by atomic mass is 32.1. The zero-order valence-electron chi connectivity index (χ0n) is 16.4. The van der Waals surface area contributed by atoms with E-state index >= 15 is 0 Å². The average Bonchev–Trinajstić information content (AvgIpc) is 2.99. The summed E-state index contributed by atoms with van der Waals surface area (Å²) in [6.07, 6.45) is 3.82. The zero-order valence-corrected chi connectivity index (χ0v) is 17.3. The lowest BCUT2D eigenvalue weighted by atomic mass is 10.2. The molecule has 0 saturated carbocycles. The largest absolute Gasteiger partial charge is 0.490 e. The van der Waals surface area contributed by atoms with Crippen LogP contribution in [-0.2, 0) is 16.1 Å². The van der Waals surface area contributed by atoms with Crippen LogP contribution >= 0.6 is 11.3 Å². The summed E-state index contributed by atoms with van der Waals surface area (Å²) in [6, 6.07) is 14.5. The van der Waals surface area contributed by atoms with Gasteiger partial charge in [0.1, 0.15) is 6.61 Å². The van der Waals surface area contributed by atoms with E-state index in [0.29, 0.717) is 35.4 Å². The normalized spacial score (nSPS) is 13.5. The maximum Gasteiger partial charge on any atom is 0.331 e. The van der Waals surface area contributed by atoms with Gasteiger partial charge in [-0.3, -0.25) is 9.20 Å². The number of benzene rings is 2. The lowest BCUT2D eigenvalue weighted by Gasteiger charge is -2.07. The Bertz CT molecular complexity index is 1370. The number of thiazole rings is 1. The molecular weight excluding hydrogens is 416 g/mol. The molecule has 0 amide bonds. The van der Waals surface area contributed by atoms with Crippen LogP contribution in [0.1, 0.15) is 17.7 Å². The SMILES string of the molecule is O=C(/C=C/c1ccc2c(c1)OCCCO2)OCc1cc(=O)n2c(n1)sc1ccccc12. The predicted octanol–water partition coefficient (Wildman–Crippen LogP) is 3.83. The molecule has 0 unspecified atom stereocenters. The smallest absolute Gasteiger partial charge is 0.331 e. The molecule has 0 fully saturated rings. The van der Waals surface area contributed by atoms with Gasteiger partial charge in [-0.25, -0.2) is 9.78 Å². The van der Waals surface area contributed by atoms with E-state index in [9.17, 15) is 9.59 Å². The number of hydrogen-bond acceptors (Lipinski definition) is 7. The number of nitrogens with zero attached hydrogens (tertiary/aromatic N) is 2. The molecule has 0 N–H and O–H groups in total. The van der Waals surface area contributed by atoms with Crippen molar-refractivity contribution in [3.05, 3.63) is 76.2 Å². The highest BCUT2D eigenvalue weighted by Gasteiger charge is 2.11. The van der Waals surface area contributed by atoms with Crippen LogP contribution in [0.3, 0.4) is 0 Å². The fourth-order valence-electron chi connectivity index (χ4n) is 3.34. The van der Waals surface area contributed by atoms with Crippen molar-refractivity contribution in [2.24, 2.45) is 0 Å². The number of hydrogen-bond donors (Lipinski definition) is 0. The quantitative estimate of drug-likeness (QED) is 0.359. The summed E-state index contributed by atoms with van der Waals surface area (Å²) < 4.78 is 19.1. The summed E-state index contributed by atoms with van der Waals surface area (Å²) in [5, 5.41) is 0. The lowest BCUT2D eigenvalue weighted by molar-refractivity contribution is -0.139. The van der Waals surface area contributed by atoms with E-state index in [1.807, 2.05) is 42.5 Å². The number of para-hydroxylation sites is 1. The van der Waals surface area contributed by atoms with Gasteiger partial charge in [0.05, 0.1) is 29.1 Å². The van der Waals surface area contributed by atoms with Crippen molar-refractivity contribution in [1.82, 2.24) is 9.38 Å². The van der Waals surface area contributed by atoms with Crippen molar-refractivity contribution < 1.29 is 19.0 Å². The molecule has 5 rings (SSSR count). The molecule has 8 heteroatoms. The first kappa shape index (κ1) is 19.3. The van der Waals surface area contributed by atoms with Gasteiger partial charge in [0.2, 0.25) is 0 Å². The van der Waals surface area contributed by atoms with Crippen LogP contribution in [0, 0.1) is 0 Å². The molecule has 0 radical (unpaired) electrons. The molecular formula is C23H18N2O5S. The van der Waals surface area contributed by atoms with Crippen LogP contribution in [0.4, 0.5) is 0 Å². The number of aromatic nitrogens is 2. The molecule has 7 nitrogen and oxygen atoms in total. The maximum absolute atomic E-state index is 12.5.